The molecule has 1 fully saturated rings. The second-order valence-electron chi connectivity index (χ2n) is 6.25. The van der Waals surface area contributed by atoms with E-state index in [1.807, 2.05) is 24.3 Å². The average molecular weight is 282 g/mol. The lowest BCUT2D eigenvalue weighted by molar-refractivity contribution is 0.378. The normalized spacial score (nSPS) is 22.4. The van der Waals surface area contributed by atoms with E-state index in [4.69, 9.17) is 5.14 Å². The maximum absolute atomic E-state index is 11.0. The van der Waals surface area contributed by atoms with Gasteiger partial charge >= 0.3 is 0 Å². The van der Waals surface area contributed by atoms with E-state index in [-0.39, 0.29) is 5.75 Å². The molecule has 1 unspecified atom stereocenters. The van der Waals surface area contributed by atoms with Gasteiger partial charge in [0.05, 0.1) is 5.75 Å². The smallest absolute Gasteiger partial charge is 0.213 e. The summed E-state index contributed by atoms with van der Waals surface area (Å²) >= 11 is 0. The molecule has 106 valence electrons. The number of nitrogens with one attached hydrogen (secondary N) is 1. The van der Waals surface area contributed by atoms with Crippen LogP contribution in [0.25, 0.3) is 0 Å². The van der Waals surface area contributed by atoms with Gasteiger partial charge in [-0.3, -0.25) is 0 Å². The van der Waals surface area contributed by atoms with Gasteiger partial charge in [0.1, 0.15) is 0 Å². The third-order valence-electron chi connectivity index (χ3n) is 3.66. The molecule has 1 saturated carbocycles. The first-order valence-electron chi connectivity index (χ1n) is 6.59. The Balaban J connectivity index is 1.96. The summed E-state index contributed by atoms with van der Waals surface area (Å²) < 4.78 is 22.0. The molecule has 5 heteroatoms. The Morgan fingerprint density at radius 3 is 2.42 bits per heavy atom. The lowest BCUT2D eigenvalue weighted by Crippen LogP contribution is -2.17. The minimum Gasteiger partial charge on any atom is -0.382 e. The predicted octanol–water partition coefficient (Wildman–Crippen LogP) is 2.47. The van der Waals surface area contributed by atoms with E-state index < -0.39 is 10.0 Å². The number of sulfonamides is 1. The van der Waals surface area contributed by atoms with E-state index in [2.05, 4.69) is 19.2 Å². The number of anilines is 1. The molecule has 1 aliphatic rings. The van der Waals surface area contributed by atoms with Crippen molar-refractivity contribution in [2.24, 2.45) is 10.6 Å². The molecule has 4 nitrogen and oxygen atoms in total. The highest BCUT2D eigenvalue weighted by Gasteiger charge is 2.30. The molecule has 0 amide bonds. The zero-order valence-corrected chi connectivity index (χ0v) is 12.3. The van der Waals surface area contributed by atoms with Gasteiger partial charge < -0.3 is 5.32 Å². The van der Waals surface area contributed by atoms with E-state index in [0.717, 1.165) is 11.3 Å². The van der Waals surface area contributed by atoms with Crippen LogP contribution >= 0.6 is 0 Å². The molecule has 3 N–H and O–H groups in total. The Kier molecular flexibility index (Phi) is 3.87. The Hall–Kier alpha value is -1.07. The second-order valence-corrected chi connectivity index (χ2v) is 7.87. The second kappa shape index (κ2) is 5.13. The summed E-state index contributed by atoms with van der Waals surface area (Å²) in [5.74, 6) is -0.107. The van der Waals surface area contributed by atoms with Gasteiger partial charge in [-0.25, -0.2) is 13.6 Å². The molecule has 2 rings (SSSR count). The van der Waals surface area contributed by atoms with Crippen molar-refractivity contribution >= 4 is 15.7 Å². The minimum absolute atomic E-state index is 0.107. The van der Waals surface area contributed by atoms with Crippen LogP contribution in [0.15, 0.2) is 24.3 Å². The molecule has 1 aromatic rings. The van der Waals surface area contributed by atoms with E-state index in [9.17, 15) is 8.42 Å². The average Bonchev–Trinajstić information content (AvgIpc) is 2.59. The summed E-state index contributed by atoms with van der Waals surface area (Å²) in [6.45, 7) is 4.59. The number of nitrogens with two attached hydrogens (primary N) is 1. The summed E-state index contributed by atoms with van der Waals surface area (Å²) in [6, 6.07) is 7.98. The number of benzene rings is 1. The van der Waals surface area contributed by atoms with Crippen molar-refractivity contribution in [2.75, 3.05) is 5.32 Å². The molecule has 1 atom stereocenters. The molecule has 1 aromatic carbocycles. The van der Waals surface area contributed by atoms with Crippen LogP contribution in [0.5, 0.6) is 0 Å². The molecular weight excluding hydrogens is 260 g/mol. The van der Waals surface area contributed by atoms with Crippen LogP contribution in [-0.4, -0.2) is 14.5 Å². The maximum atomic E-state index is 11.0. The third-order valence-corrected chi connectivity index (χ3v) is 4.40. The summed E-state index contributed by atoms with van der Waals surface area (Å²) in [6.07, 6.45) is 3.60. The quantitative estimate of drug-likeness (QED) is 0.891. The van der Waals surface area contributed by atoms with Gasteiger partial charge in [-0.2, -0.15) is 0 Å². The molecule has 0 aromatic heterocycles. The van der Waals surface area contributed by atoms with Crippen LogP contribution in [0.1, 0.15) is 38.7 Å². The molecular formula is C14H22N2O2S. The van der Waals surface area contributed by atoms with Gasteiger partial charge in [0.15, 0.2) is 0 Å². The van der Waals surface area contributed by atoms with Crippen molar-refractivity contribution in [1.29, 1.82) is 0 Å². The van der Waals surface area contributed by atoms with Crippen LogP contribution in [0.4, 0.5) is 5.69 Å². The first-order chi connectivity index (χ1) is 8.73. The summed E-state index contributed by atoms with van der Waals surface area (Å²) in [7, 11) is -3.45. The van der Waals surface area contributed by atoms with Crippen LogP contribution in [0.2, 0.25) is 0 Å². The maximum Gasteiger partial charge on any atom is 0.213 e. The fourth-order valence-corrected chi connectivity index (χ4v) is 3.38. The van der Waals surface area contributed by atoms with E-state index in [1.54, 1.807) is 0 Å². The standard InChI is InChI=1S/C14H22N2O2S/c1-14(2)8-7-13(9-14)16-12-5-3-11(4-6-12)10-19(15,17)18/h3-6,13,16H,7-10H2,1-2H3,(H2,15,17,18). The molecule has 0 heterocycles. The van der Waals surface area contributed by atoms with Gasteiger partial charge in [0.2, 0.25) is 10.0 Å². The molecule has 0 aliphatic heterocycles. The fraction of sp³-hybridized carbons (Fsp3) is 0.571. The van der Waals surface area contributed by atoms with Crippen molar-refractivity contribution in [2.45, 2.75) is 44.9 Å². The highest BCUT2D eigenvalue weighted by Crippen LogP contribution is 2.38. The predicted molar refractivity (Wildman–Crippen MR) is 78.3 cm³/mol. The highest BCUT2D eigenvalue weighted by molar-refractivity contribution is 7.88. The van der Waals surface area contributed by atoms with E-state index >= 15 is 0 Å². The van der Waals surface area contributed by atoms with Crippen molar-refractivity contribution in [3.8, 4) is 0 Å². The molecule has 19 heavy (non-hydrogen) atoms. The number of hydrogen-bond acceptors (Lipinski definition) is 3. The van der Waals surface area contributed by atoms with Gasteiger partial charge in [0, 0.05) is 11.7 Å². The number of primary sulfonamides is 1. The minimum atomic E-state index is -3.45. The number of hydrogen-bond donors (Lipinski definition) is 2. The highest BCUT2D eigenvalue weighted by atomic mass is 32.2. The van der Waals surface area contributed by atoms with Crippen LogP contribution < -0.4 is 10.5 Å². The molecule has 0 spiro atoms. The fourth-order valence-electron chi connectivity index (χ4n) is 2.72. The Bertz CT molecular complexity index is 535. The molecule has 1 aliphatic carbocycles. The van der Waals surface area contributed by atoms with Crippen LogP contribution in [0, 0.1) is 5.41 Å². The summed E-state index contributed by atoms with van der Waals surface area (Å²) in [5, 5.41) is 8.53. The first kappa shape index (κ1) is 14.3. The summed E-state index contributed by atoms with van der Waals surface area (Å²) in [5.41, 5.74) is 2.19. The Labute approximate surface area is 115 Å². The van der Waals surface area contributed by atoms with E-state index in [1.165, 1.54) is 19.3 Å². The molecule has 0 saturated heterocycles. The van der Waals surface area contributed by atoms with Crippen molar-refractivity contribution in [3.05, 3.63) is 29.8 Å². The Morgan fingerprint density at radius 1 is 1.32 bits per heavy atom. The molecule has 0 radical (unpaired) electrons. The first-order valence-corrected chi connectivity index (χ1v) is 8.31. The van der Waals surface area contributed by atoms with Crippen molar-refractivity contribution in [3.63, 3.8) is 0 Å². The monoisotopic (exact) mass is 282 g/mol. The third kappa shape index (κ3) is 4.51. The van der Waals surface area contributed by atoms with Gasteiger partial charge in [-0.05, 0) is 42.4 Å². The van der Waals surface area contributed by atoms with Gasteiger partial charge in [-0.1, -0.05) is 26.0 Å². The zero-order chi connectivity index (χ0) is 14.1. The van der Waals surface area contributed by atoms with Gasteiger partial charge in [-0.15, -0.1) is 0 Å². The van der Waals surface area contributed by atoms with Gasteiger partial charge in [0.25, 0.3) is 0 Å². The Morgan fingerprint density at radius 2 is 1.95 bits per heavy atom. The number of rotatable bonds is 4. The molecule has 0 bridgehead atoms. The largest absolute Gasteiger partial charge is 0.382 e. The SMILES string of the molecule is CC1(C)CCC(Nc2ccc(CS(N)(=O)=O)cc2)C1. The lowest BCUT2D eigenvalue weighted by Gasteiger charge is -2.18. The lowest BCUT2D eigenvalue weighted by atomic mass is 9.92. The van der Waals surface area contributed by atoms with Crippen molar-refractivity contribution < 1.29 is 8.42 Å². The topological polar surface area (TPSA) is 72.2 Å². The van der Waals surface area contributed by atoms with E-state index in [0.29, 0.717) is 11.5 Å². The summed E-state index contributed by atoms with van der Waals surface area (Å²) in [4.78, 5) is 0. The zero-order valence-electron chi connectivity index (χ0n) is 11.5. The van der Waals surface area contributed by atoms with Crippen LogP contribution in [-0.2, 0) is 15.8 Å². The van der Waals surface area contributed by atoms with Crippen molar-refractivity contribution in [1.82, 2.24) is 0 Å². The van der Waals surface area contributed by atoms with Crippen LogP contribution in [0.3, 0.4) is 0 Å².